The highest BCUT2D eigenvalue weighted by Gasteiger charge is 2.18. The number of para-hydroxylation sites is 1. The molecular formula is C19H21ClN2O3. The van der Waals surface area contributed by atoms with E-state index in [1.165, 1.54) is 7.11 Å². The number of aryl methyl sites for hydroxylation is 3. The number of anilines is 2. The highest BCUT2D eigenvalue weighted by atomic mass is 35.5. The van der Waals surface area contributed by atoms with E-state index >= 15 is 0 Å². The average molecular weight is 361 g/mol. The fourth-order valence-corrected chi connectivity index (χ4v) is 2.63. The minimum Gasteiger partial charge on any atom is -0.495 e. The monoisotopic (exact) mass is 360 g/mol. The van der Waals surface area contributed by atoms with Crippen molar-refractivity contribution in [3.63, 3.8) is 0 Å². The summed E-state index contributed by atoms with van der Waals surface area (Å²) in [5, 5.41) is 5.79. The Morgan fingerprint density at radius 2 is 1.76 bits per heavy atom. The lowest BCUT2D eigenvalue weighted by atomic mass is 10.1. The summed E-state index contributed by atoms with van der Waals surface area (Å²) in [5.41, 5.74) is 3.71. The molecule has 25 heavy (non-hydrogen) atoms. The molecule has 2 rings (SSSR count). The molecule has 0 aliphatic heterocycles. The summed E-state index contributed by atoms with van der Waals surface area (Å²) in [7, 11) is 1.47. The first-order valence-electron chi connectivity index (χ1n) is 7.92. The van der Waals surface area contributed by atoms with Gasteiger partial charge >= 0.3 is 11.8 Å². The van der Waals surface area contributed by atoms with Crippen LogP contribution in [-0.2, 0) is 16.0 Å². The molecule has 0 aliphatic rings. The Kier molecular flexibility index (Phi) is 6.04. The molecule has 0 spiro atoms. The molecular weight excluding hydrogens is 340 g/mol. The molecule has 0 aromatic heterocycles. The van der Waals surface area contributed by atoms with Crippen molar-refractivity contribution in [1.29, 1.82) is 0 Å². The molecule has 0 saturated heterocycles. The van der Waals surface area contributed by atoms with Crippen LogP contribution in [0, 0.1) is 13.8 Å². The molecule has 0 fully saturated rings. The summed E-state index contributed by atoms with van der Waals surface area (Å²) in [6, 6.07) is 8.99. The molecule has 6 heteroatoms. The summed E-state index contributed by atoms with van der Waals surface area (Å²) < 4.78 is 5.20. The summed E-state index contributed by atoms with van der Waals surface area (Å²) in [5.74, 6) is -1.12. The van der Waals surface area contributed by atoms with Gasteiger partial charge in [0.1, 0.15) is 5.75 Å². The van der Waals surface area contributed by atoms with Gasteiger partial charge in [-0.25, -0.2) is 0 Å². The van der Waals surface area contributed by atoms with Gasteiger partial charge in [-0.15, -0.1) is 0 Å². The van der Waals surface area contributed by atoms with Gasteiger partial charge in [0, 0.05) is 16.8 Å². The minimum absolute atomic E-state index is 0.391. The average Bonchev–Trinajstić information content (AvgIpc) is 2.59. The molecule has 5 nitrogen and oxygen atoms in total. The third kappa shape index (κ3) is 4.31. The Morgan fingerprint density at radius 3 is 2.40 bits per heavy atom. The predicted octanol–water partition coefficient (Wildman–Crippen LogP) is 4.11. The summed E-state index contributed by atoms with van der Waals surface area (Å²) in [6.45, 7) is 5.68. The number of halogens is 1. The molecule has 132 valence electrons. The third-order valence-electron chi connectivity index (χ3n) is 3.91. The Bertz CT molecular complexity index is 819. The fraction of sp³-hybridized carbons (Fsp3) is 0.263. The van der Waals surface area contributed by atoms with Crippen LogP contribution < -0.4 is 15.4 Å². The maximum absolute atomic E-state index is 12.3. The maximum Gasteiger partial charge on any atom is 0.314 e. The Morgan fingerprint density at radius 1 is 1.08 bits per heavy atom. The first kappa shape index (κ1) is 18.8. The van der Waals surface area contributed by atoms with Crippen molar-refractivity contribution in [2.45, 2.75) is 27.2 Å². The van der Waals surface area contributed by atoms with Gasteiger partial charge in [0.05, 0.1) is 12.8 Å². The smallest absolute Gasteiger partial charge is 0.314 e. The lowest BCUT2D eigenvalue weighted by molar-refractivity contribution is -0.133. The van der Waals surface area contributed by atoms with Gasteiger partial charge < -0.3 is 15.4 Å². The van der Waals surface area contributed by atoms with E-state index < -0.39 is 11.8 Å². The van der Waals surface area contributed by atoms with Crippen LogP contribution in [0.2, 0.25) is 5.02 Å². The molecule has 0 aliphatic carbocycles. The highest BCUT2D eigenvalue weighted by molar-refractivity contribution is 6.44. The lowest BCUT2D eigenvalue weighted by Crippen LogP contribution is -2.30. The fourth-order valence-electron chi connectivity index (χ4n) is 2.48. The molecule has 0 bridgehead atoms. The standard InChI is InChI=1S/C19H21ClN2O3/c1-5-13-8-6-7-11(2)17(13)22-19(24)18(23)21-15-9-12(3)14(20)10-16(15)25-4/h6-10H,5H2,1-4H3,(H,21,23)(H,22,24). The number of carbonyl (C=O) groups excluding carboxylic acids is 2. The molecule has 0 unspecified atom stereocenters. The SMILES string of the molecule is CCc1cccc(C)c1NC(=O)C(=O)Nc1cc(C)c(Cl)cc1OC. The van der Waals surface area contributed by atoms with Crippen LogP contribution in [0.15, 0.2) is 30.3 Å². The second-order valence-electron chi connectivity index (χ2n) is 5.67. The summed E-state index contributed by atoms with van der Waals surface area (Å²) >= 11 is 6.05. The molecule has 2 aromatic rings. The number of carbonyl (C=O) groups is 2. The van der Waals surface area contributed by atoms with Crippen molar-refractivity contribution < 1.29 is 14.3 Å². The van der Waals surface area contributed by atoms with Crippen molar-refractivity contribution in [3.05, 3.63) is 52.0 Å². The third-order valence-corrected chi connectivity index (χ3v) is 4.32. The zero-order valence-corrected chi connectivity index (χ0v) is 15.5. The molecule has 2 N–H and O–H groups in total. The van der Waals surface area contributed by atoms with Crippen LogP contribution in [0.1, 0.15) is 23.6 Å². The van der Waals surface area contributed by atoms with E-state index in [4.69, 9.17) is 16.3 Å². The van der Waals surface area contributed by atoms with Crippen molar-refractivity contribution in [2.24, 2.45) is 0 Å². The van der Waals surface area contributed by atoms with E-state index in [9.17, 15) is 9.59 Å². The van der Waals surface area contributed by atoms with Gasteiger partial charge in [-0.3, -0.25) is 9.59 Å². The Balaban J connectivity index is 2.20. The molecule has 2 aromatic carbocycles. The summed E-state index contributed by atoms with van der Waals surface area (Å²) in [6.07, 6.45) is 0.753. The molecule has 0 atom stereocenters. The number of nitrogens with one attached hydrogen (secondary N) is 2. The van der Waals surface area contributed by atoms with Gasteiger partial charge in [0.25, 0.3) is 0 Å². The zero-order valence-electron chi connectivity index (χ0n) is 14.7. The molecule has 0 heterocycles. The van der Waals surface area contributed by atoms with Gasteiger partial charge in [0.15, 0.2) is 0 Å². The Labute approximate surface area is 152 Å². The van der Waals surface area contributed by atoms with E-state index in [1.54, 1.807) is 19.1 Å². The normalized spacial score (nSPS) is 10.3. The number of methoxy groups -OCH3 is 1. The second-order valence-corrected chi connectivity index (χ2v) is 6.08. The first-order valence-corrected chi connectivity index (χ1v) is 8.30. The van der Waals surface area contributed by atoms with Crippen molar-refractivity contribution >= 4 is 34.8 Å². The quantitative estimate of drug-likeness (QED) is 0.806. The Hall–Kier alpha value is -2.53. The van der Waals surface area contributed by atoms with Gasteiger partial charge in [0.2, 0.25) is 0 Å². The van der Waals surface area contributed by atoms with Crippen LogP contribution in [0.3, 0.4) is 0 Å². The van der Waals surface area contributed by atoms with Crippen LogP contribution in [-0.4, -0.2) is 18.9 Å². The van der Waals surface area contributed by atoms with Crippen LogP contribution >= 0.6 is 11.6 Å². The topological polar surface area (TPSA) is 67.4 Å². The van der Waals surface area contributed by atoms with E-state index in [0.717, 1.165) is 23.1 Å². The van der Waals surface area contributed by atoms with Gasteiger partial charge in [-0.2, -0.15) is 0 Å². The van der Waals surface area contributed by atoms with E-state index in [1.807, 2.05) is 32.0 Å². The molecule has 2 amide bonds. The summed E-state index contributed by atoms with van der Waals surface area (Å²) in [4.78, 5) is 24.6. The second kappa shape index (κ2) is 8.03. The van der Waals surface area contributed by atoms with Crippen molar-refractivity contribution in [1.82, 2.24) is 0 Å². The number of amides is 2. The number of ether oxygens (including phenoxy) is 1. The molecule has 0 radical (unpaired) electrons. The molecule has 0 saturated carbocycles. The van der Waals surface area contributed by atoms with E-state index in [2.05, 4.69) is 10.6 Å². The van der Waals surface area contributed by atoms with Crippen molar-refractivity contribution in [2.75, 3.05) is 17.7 Å². The van der Waals surface area contributed by atoms with Gasteiger partial charge in [-0.05, 0) is 43.0 Å². The van der Waals surface area contributed by atoms with Gasteiger partial charge in [-0.1, -0.05) is 36.7 Å². The largest absolute Gasteiger partial charge is 0.495 e. The van der Waals surface area contributed by atoms with Crippen LogP contribution in [0.4, 0.5) is 11.4 Å². The van der Waals surface area contributed by atoms with E-state index in [-0.39, 0.29) is 0 Å². The number of hydrogen-bond donors (Lipinski definition) is 2. The minimum atomic E-state index is -0.773. The van der Waals surface area contributed by atoms with E-state index in [0.29, 0.717) is 22.1 Å². The number of benzene rings is 2. The van der Waals surface area contributed by atoms with Crippen LogP contribution in [0.25, 0.3) is 0 Å². The highest BCUT2D eigenvalue weighted by Crippen LogP contribution is 2.31. The predicted molar refractivity (Wildman–Crippen MR) is 101 cm³/mol. The lowest BCUT2D eigenvalue weighted by Gasteiger charge is -2.14. The number of hydrogen-bond acceptors (Lipinski definition) is 3. The maximum atomic E-state index is 12.3. The van der Waals surface area contributed by atoms with Crippen LogP contribution in [0.5, 0.6) is 5.75 Å². The first-order chi connectivity index (χ1) is 11.9. The zero-order chi connectivity index (χ0) is 18.6. The van der Waals surface area contributed by atoms with Crippen molar-refractivity contribution in [3.8, 4) is 5.75 Å². The number of rotatable bonds is 4.